The summed E-state index contributed by atoms with van der Waals surface area (Å²) in [5, 5.41) is 15.9. The normalized spacial score (nSPS) is 12.8. The first kappa shape index (κ1) is 31.1. The van der Waals surface area contributed by atoms with Gasteiger partial charge in [0.05, 0.1) is 0 Å². The standard InChI is InChI=1S/C52H42/c1-51(2,3)39-26-35-14-12-32-16-21-41(44-24-19-37(28-39)47(35)49(32)44)34-18-23-43(46(30-34)31-10-8-7-9-11-31)42-22-17-33-13-15-36-27-40(52(4,5)6)29-38-20-25-45(42)50(33)48(36)38/h7-30H,1-6H3. The molecule has 10 aromatic carbocycles. The summed E-state index contributed by atoms with van der Waals surface area (Å²) in [5.41, 5.74) is 10.5. The molecule has 0 aromatic heterocycles. The number of benzene rings is 10. The van der Waals surface area contributed by atoms with Gasteiger partial charge in [0, 0.05) is 0 Å². The summed E-state index contributed by atoms with van der Waals surface area (Å²) in [7, 11) is 0. The molecule has 0 heterocycles. The van der Waals surface area contributed by atoms with Gasteiger partial charge in [-0.25, -0.2) is 0 Å². The van der Waals surface area contributed by atoms with E-state index in [1.165, 1.54) is 109 Å². The maximum atomic E-state index is 2.43. The third kappa shape index (κ3) is 4.67. The molecule has 0 fully saturated rings. The molecule has 0 nitrogen and oxygen atoms in total. The summed E-state index contributed by atoms with van der Waals surface area (Å²) >= 11 is 0. The monoisotopic (exact) mass is 666 g/mol. The van der Waals surface area contributed by atoms with Gasteiger partial charge in [-0.15, -0.1) is 0 Å². The lowest BCUT2D eigenvalue weighted by Crippen LogP contribution is -2.10. The molecule has 0 aliphatic carbocycles. The Hall–Kier alpha value is -5.72. The second kappa shape index (κ2) is 10.9. The van der Waals surface area contributed by atoms with E-state index in [2.05, 4.69) is 187 Å². The molecule has 0 aliphatic heterocycles. The highest BCUT2D eigenvalue weighted by Crippen LogP contribution is 2.46. The lowest BCUT2D eigenvalue weighted by atomic mass is 9.82. The highest BCUT2D eigenvalue weighted by atomic mass is 14.2. The summed E-state index contributed by atoms with van der Waals surface area (Å²) in [4.78, 5) is 0. The second-order valence-corrected chi connectivity index (χ2v) is 17.0. The minimum absolute atomic E-state index is 0.0897. The van der Waals surface area contributed by atoms with Crippen molar-refractivity contribution in [2.24, 2.45) is 0 Å². The van der Waals surface area contributed by atoms with Crippen LogP contribution in [0.5, 0.6) is 0 Å². The van der Waals surface area contributed by atoms with Crippen molar-refractivity contribution in [2.45, 2.75) is 52.4 Å². The van der Waals surface area contributed by atoms with Gasteiger partial charge in [0.2, 0.25) is 0 Å². The third-order valence-electron chi connectivity index (χ3n) is 11.6. The molecular formula is C52H42. The summed E-state index contributed by atoms with van der Waals surface area (Å²) in [6, 6.07) is 55.6. The molecule has 250 valence electrons. The van der Waals surface area contributed by atoms with E-state index in [9.17, 15) is 0 Å². The van der Waals surface area contributed by atoms with Crippen molar-refractivity contribution >= 4 is 64.6 Å². The van der Waals surface area contributed by atoms with Crippen molar-refractivity contribution in [3.63, 3.8) is 0 Å². The zero-order valence-corrected chi connectivity index (χ0v) is 30.9. The second-order valence-electron chi connectivity index (χ2n) is 17.0. The molecule has 0 unspecified atom stereocenters. The van der Waals surface area contributed by atoms with Crippen molar-refractivity contribution in [1.29, 1.82) is 0 Å². The Morgan fingerprint density at radius 3 is 1.23 bits per heavy atom. The van der Waals surface area contributed by atoms with Gasteiger partial charge in [0.1, 0.15) is 0 Å². The van der Waals surface area contributed by atoms with Gasteiger partial charge in [-0.2, -0.15) is 0 Å². The fraction of sp³-hybridized carbons (Fsp3) is 0.154. The third-order valence-corrected chi connectivity index (χ3v) is 11.6. The smallest absolute Gasteiger partial charge is 0.00206 e. The first-order chi connectivity index (χ1) is 25.0. The first-order valence-electron chi connectivity index (χ1n) is 18.7. The Kier molecular flexibility index (Phi) is 6.50. The predicted molar refractivity (Wildman–Crippen MR) is 228 cm³/mol. The van der Waals surface area contributed by atoms with Crippen LogP contribution < -0.4 is 0 Å². The van der Waals surface area contributed by atoms with Crippen LogP contribution >= 0.6 is 0 Å². The summed E-state index contributed by atoms with van der Waals surface area (Å²) in [6.07, 6.45) is 0. The van der Waals surface area contributed by atoms with E-state index in [1.54, 1.807) is 0 Å². The van der Waals surface area contributed by atoms with E-state index in [4.69, 9.17) is 0 Å². The SMILES string of the molecule is CC(C)(C)c1cc2ccc3ccc(-c4ccc(-c5ccc6ccc7cc(C(C)(C)C)cc8ccc5c6c78)c(-c5ccccc5)c4)c4ccc(c1)c2c34. The highest BCUT2D eigenvalue weighted by Gasteiger charge is 2.21. The van der Waals surface area contributed by atoms with Crippen molar-refractivity contribution < 1.29 is 0 Å². The molecular weight excluding hydrogens is 625 g/mol. The number of hydrogen-bond donors (Lipinski definition) is 0. The molecule has 0 amide bonds. The van der Waals surface area contributed by atoms with Crippen LogP contribution in [0.1, 0.15) is 52.7 Å². The van der Waals surface area contributed by atoms with Crippen molar-refractivity contribution in [2.75, 3.05) is 0 Å². The van der Waals surface area contributed by atoms with E-state index in [1.807, 2.05) is 0 Å². The lowest BCUT2D eigenvalue weighted by Gasteiger charge is -2.22. The number of rotatable bonds is 3. The van der Waals surface area contributed by atoms with Gasteiger partial charge >= 0.3 is 0 Å². The Balaban J connectivity index is 1.20. The van der Waals surface area contributed by atoms with Crippen LogP contribution in [0.2, 0.25) is 0 Å². The van der Waals surface area contributed by atoms with Crippen LogP contribution in [0.3, 0.4) is 0 Å². The highest BCUT2D eigenvalue weighted by molar-refractivity contribution is 6.27. The Labute approximate surface area is 306 Å². The van der Waals surface area contributed by atoms with E-state index >= 15 is 0 Å². The molecule has 0 spiro atoms. The lowest BCUT2D eigenvalue weighted by molar-refractivity contribution is 0.591. The first-order valence-corrected chi connectivity index (χ1v) is 18.7. The van der Waals surface area contributed by atoms with Crippen molar-refractivity contribution in [3.8, 4) is 33.4 Å². The summed E-state index contributed by atoms with van der Waals surface area (Å²) < 4.78 is 0. The topological polar surface area (TPSA) is 0 Å². The molecule has 0 saturated heterocycles. The summed E-state index contributed by atoms with van der Waals surface area (Å²) in [6.45, 7) is 13.8. The van der Waals surface area contributed by atoms with Crippen LogP contribution in [0, 0.1) is 0 Å². The minimum Gasteiger partial charge on any atom is -0.0622 e. The maximum absolute atomic E-state index is 2.43. The quantitative estimate of drug-likeness (QED) is 0.165. The molecule has 52 heavy (non-hydrogen) atoms. The van der Waals surface area contributed by atoms with E-state index < -0.39 is 0 Å². The van der Waals surface area contributed by atoms with Crippen molar-refractivity contribution in [3.05, 3.63) is 157 Å². The minimum atomic E-state index is 0.0897. The van der Waals surface area contributed by atoms with Crippen LogP contribution in [0.4, 0.5) is 0 Å². The molecule has 0 saturated carbocycles. The van der Waals surface area contributed by atoms with E-state index in [0.717, 1.165) is 0 Å². The van der Waals surface area contributed by atoms with Gasteiger partial charge in [0.25, 0.3) is 0 Å². The largest absolute Gasteiger partial charge is 0.0622 e. The van der Waals surface area contributed by atoms with Crippen molar-refractivity contribution in [1.82, 2.24) is 0 Å². The molecule has 0 radical (unpaired) electrons. The Morgan fingerprint density at radius 2 is 0.712 bits per heavy atom. The molecule has 10 rings (SSSR count). The average molecular weight is 667 g/mol. The van der Waals surface area contributed by atoms with E-state index in [-0.39, 0.29) is 10.8 Å². The Bertz CT molecular complexity index is 2960. The van der Waals surface area contributed by atoms with Gasteiger partial charge in [-0.3, -0.25) is 0 Å². The zero-order valence-electron chi connectivity index (χ0n) is 30.9. The fourth-order valence-corrected chi connectivity index (χ4v) is 8.79. The average Bonchev–Trinajstić information content (AvgIpc) is 3.15. The van der Waals surface area contributed by atoms with Crippen LogP contribution in [-0.2, 0) is 10.8 Å². The van der Waals surface area contributed by atoms with Gasteiger partial charge in [-0.1, -0.05) is 181 Å². The molecule has 0 atom stereocenters. The molecule has 10 aromatic rings. The molecule has 0 aliphatic rings. The molecule has 0 bridgehead atoms. The van der Waals surface area contributed by atoms with Crippen LogP contribution in [-0.4, -0.2) is 0 Å². The zero-order chi connectivity index (χ0) is 35.5. The summed E-state index contributed by atoms with van der Waals surface area (Å²) in [5.74, 6) is 0. The Morgan fingerprint density at radius 1 is 0.288 bits per heavy atom. The maximum Gasteiger partial charge on any atom is -0.00206 e. The van der Waals surface area contributed by atoms with Crippen LogP contribution in [0.15, 0.2) is 146 Å². The molecule has 0 N–H and O–H groups in total. The van der Waals surface area contributed by atoms with Gasteiger partial charge in [-0.05, 0) is 126 Å². The van der Waals surface area contributed by atoms with Gasteiger partial charge < -0.3 is 0 Å². The number of hydrogen-bond acceptors (Lipinski definition) is 0. The predicted octanol–water partition coefficient (Wildman–Crippen LogP) is 15.1. The molecule has 0 heteroatoms. The van der Waals surface area contributed by atoms with Crippen LogP contribution in [0.25, 0.3) is 98.0 Å². The van der Waals surface area contributed by atoms with Gasteiger partial charge in [0.15, 0.2) is 0 Å². The fourth-order valence-electron chi connectivity index (χ4n) is 8.79. The van der Waals surface area contributed by atoms with E-state index in [0.29, 0.717) is 0 Å².